The van der Waals surface area contributed by atoms with Crippen molar-refractivity contribution >= 4 is 0 Å². The Morgan fingerprint density at radius 3 is 2.84 bits per heavy atom. The number of aryl methyl sites for hydroxylation is 2. The number of aliphatic hydroxyl groups excluding tert-OH is 1. The minimum atomic E-state index is -0.179. The topological polar surface area (TPSA) is 38.0 Å². The van der Waals surface area contributed by atoms with Gasteiger partial charge in [0.15, 0.2) is 0 Å². The van der Waals surface area contributed by atoms with Crippen LogP contribution in [0.15, 0.2) is 0 Å². The molecule has 3 nitrogen and oxygen atoms in total. The number of aromatic nitrogens is 2. The summed E-state index contributed by atoms with van der Waals surface area (Å²) in [5.74, 6) is 1.89. The van der Waals surface area contributed by atoms with Crippen LogP contribution in [-0.4, -0.2) is 20.8 Å². The zero-order chi connectivity index (χ0) is 13.4. The van der Waals surface area contributed by atoms with Crippen LogP contribution in [0.5, 0.6) is 0 Å². The molecule has 1 N–H and O–H groups in total. The smallest absolute Gasteiger partial charge is 0.106 e. The fraction of sp³-hybridized carbons (Fsp3) is 0.812. The van der Waals surface area contributed by atoms with Gasteiger partial charge in [0, 0.05) is 5.69 Å². The Balaban J connectivity index is 1.93. The predicted octanol–water partition coefficient (Wildman–Crippen LogP) is 3.18. The molecule has 0 amide bonds. The van der Waals surface area contributed by atoms with Gasteiger partial charge in [-0.1, -0.05) is 13.3 Å². The van der Waals surface area contributed by atoms with Crippen LogP contribution in [0.3, 0.4) is 0 Å². The Hall–Kier alpha value is -0.830. The highest BCUT2D eigenvalue weighted by molar-refractivity contribution is 5.21. The van der Waals surface area contributed by atoms with Gasteiger partial charge >= 0.3 is 0 Å². The van der Waals surface area contributed by atoms with Gasteiger partial charge in [-0.05, 0) is 57.8 Å². The van der Waals surface area contributed by atoms with Crippen molar-refractivity contribution < 1.29 is 5.11 Å². The van der Waals surface area contributed by atoms with Crippen LogP contribution in [0.2, 0.25) is 0 Å². The highest BCUT2D eigenvalue weighted by Crippen LogP contribution is 2.37. The molecular weight excluding hydrogens is 236 g/mol. The Morgan fingerprint density at radius 2 is 2.05 bits per heavy atom. The first-order chi connectivity index (χ1) is 9.20. The van der Waals surface area contributed by atoms with Crippen LogP contribution < -0.4 is 0 Å². The van der Waals surface area contributed by atoms with Gasteiger partial charge in [0.1, 0.15) is 5.82 Å². The molecule has 2 aliphatic carbocycles. The SMILES string of the molecule is CCC1CCC(O)C(n2c(C)nc3c2CCCC3)C1. The van der Waals surface area contributed by atoms with E-state index in [9.17, 15) is 5.11 Å². The molecule has 0 bridgehead atoms. The summed E-state index contributed by atoms with van der Waals surface area (Å²) in [7, 11) is 0. The number of hydrogen-bond donors (Lipinski definition) is 1. The number of rotatable bonds is 2. The molecule has 1 heterocycles. The molecule has 3 rings (SSSR count). The molecule has 3 heteroatoms. The molecule has 3 atom stereocenters. The van der Waals surface area contributed by atoms with Gasteiger partial charge in [-0.25, -0.2) is 4.98 Å². The lowest BCUT2D eigenvalue weighted by molar-refractivity contribution is 0.0510. The maximum Gasteiger partial charge on any atom is 0.106 e. The maximum atomic E-state index is 10.4. The quantitative estimate of drug-likeness (QED) is 0.889. The number of fused-ring (bicyclic) bond motifs is 1. The predicted molar refractivity (Wildman–Crippen MR) is 76.3 cm³/mol. The second-order valence-electron chi connectivity index (χ2n) is 6.35. The Morgan fingerprint density at radius 1 is 1.26 bits per heavy atom. The zero-order valence-electron chi connectivity index (χ0n) is 12.2. The average Bonchev–Trinajstić information content (AvgIpc) is 2.75. The van der Waals surface area contributed by atoms with Gasteiger partial charge in [-0.2, -0.15) is 0 Å². The minimum Gasteiger partial charge on any atom is -0.391 e. The lowest BCUT2D eigenvalue weighted by atomic mass is 9.82. The fourth-order valence-corrected chi connectivity index (χ4v) is 4.00. The van der Waals surface area contributed by atoms with E-state index in [2.05, 4.69) is 18.4 Å². The molecular formula is C16H26N2O. The van der Waals surface area contributed by atoms with E-state index in [0.29, 0.717) is 0 Å². The second-order valence-corrected chi connectivity index (χ2v) is 6.35. The molecule has 0 saturated heterocycles. The van der Waals surface area contributed by atoms with E-state index in [-0.39, 0.29) is 12.1 Å². The molecule has 2 aliphatic rings. The third kappa shape index (κ3) is 2.33. The first-order valence-corrected chi connectivity index (χ1v) is 7.95. The van der Waals surface area contributed by atoms with Crippen molar-refractivity contribution in [1.82, 2.24) is 9.55 Å². The van der Waals surface area contributed by atoms with Crippen molar-refractivity contribution in [3.63, 3.8) is 0 Å². The number of hydrogen-bond acceptors (Lipinski definition) is 2. The second kappa shape index (κ2) is 5.28. The van der Waals surface area contributed by atoms with Crippen molar-refractivity contribution in [2.75, 3.05) is 0 Å². The Kier molecular flexibility index (Phi) is 3.66. The molecule has 0 spiro atoms. The van der Waals surface area contributed by atoms with Crippen LogP contribution in [0, 0.1) is 12.8 Å². The van der Waals surface area contributed by atoms with E-state index in [0.717, 1.165) is 37.4 Å². The van der Waals surface area contributed by atoms with E-state index >= 15 is 0 Å². The van der Waals surface area contributed by atoms with Gasteiger partial charge in [-0.15, -0.1) is 0 Å². The van der Waals surface area contributed by atoms with E-state index in [1.165, 1.54) is 37.1 Å². The summed E-state index contributed by atoms with van der Waals surface area (Å²) in [6.45, 7) is 4.39. The molecule has 1 aromatic heterocycles. The van der Waals surface area contributed by atoms with Crippen molar-refractivity contribution in [2.24, 2.45) is 5.92 Å². The zero-order valence-corrected chi connectivity index (χ0v) is 12.2. The largest absolute Gasteiger partial charge is 0.391 e. The molecule has 0 aliphatic heterocycles. The summed E-state index contributed by atoms with van der Waals surface area (Å²) in [5.41, 5.74) is 2.72. The summed E-state index contributed by atoms with van der Waals surface area (Å²) in [6.07, 6.45) is 9.15. The third-order valence-corrected chi connectivity index (χ3v) is 5.15. The van der Waals surface area contributed by atoms with Gasteiger partial charge < -0.3 is 9.67 Å². The van der Waals surface area contributed by atoms with Crippen LogP contribution in [0.1, 0.15) is 68.7 Å². The lowest BCUT2D eigenvalue weighted by Gasteiger charge is -2.35. The van der Waals surface area contributed by atoms with Crippen LogP contribution >= 0.6 is 0 Å². The Labute approximate surface area is 116 Å². The summed E-state index contributed by atoms with van der Waals surface area (Å²) in [4.78, 5) is 4.76. The molecule has 1 fully saturated rings. The van der Waals surface area contributed by atoms with E-state index in [1.54, 1.807) is 0 Å². The summed E-state index contributed by atoms with van der Waals surface area (Å²) in [6, 6.07) is 0.271. The summed E-state index contributed by atoms with van der Waals surface area (Å²) in [5, 5.41) is 10.4. The molecule has 0 aromatic carbocycles. The van der Waals surface area contributed by atoms with Gasteiger partial charge in [-0.3, -0.25) is 0 Å². The lowest BCUT2D eigenvalue weighted by Crippen LogP contribution is -2.33. The molecule has 1 saturated carbocycles. The Bertz CT molecular complexity index is 452. The van der Waals surface area contributed by atoms with Crippen molar-refractivity contribution in [3.05, 3.63) is 17.2 Å². The van der Waals surface area contributed by atoms with Gasteiger partial charge in [0.25, 0.3) is 0 Å². The first-order valence-electron chi connectivity index (χ1n) is 7.95. The van der Waals surface area contributed by atoms with Crippen molar-refractivity contribution in [2.45, 2.75) is 77.4 Å². The van der Waals surface area contributed by atoms with Gasteiger partial charge in [0.05, 0.1) is 17.8 Å². The number of nitrogens with zero attached hydrogens (tertiary/aromatic N) is 2. The molecule has 19 heavy (non-hydrogen) atoms. The summed E-state index contributed by atoms with van der Waals surface area (Å²) < 4.78 is 2.39. The first kappa shape index (κ1) is 13.2. The standard InChI is InChI=1S/C16H26N2O/c1-3-12-8-9-16(19)15(10-12)18-11(2)17-13-6-4-5-7-14(13)18/h12,15-16,19H,3-10H2,1-2H3. The molecule has 1 aromatic rings. The van der Waals surface area contributed by atoms with Gasteiger partial charge in [0.2, 0.25) is 0 Å². The van der Waals surface area contributed by atoms with Crippen LogP contribution in [0.25, 0.3) is 0 Å². The summed E-state index contributed by atoms with van der Waals surface area (Å²) >= 11 is 0. The van der Waals surface area contributed by atoms with Crippen molar-refractivity contribution in [1.29, 1.82) is 0 Å². The molecule has 106 valence electrons. The maximum absolute atomic E-state index is 10.4. The molecule has 0 radical (unpaired) electrons. The fourth-order valence-electron chi connectivity index (χ4n) is 4.00. The minimum absolute atomic E-state index is 0.179. The van der Waals surface area contributed by atoms with E-state index in [4.69, 9.17) is 4.98 Å². The van der Waals surface area contributed by atoms with Crippen LogP contribution in [0.4, 0.5) is 0 Å². The normalized spacial score (nSPS) is 31.2. The number of aliphatic hydroxyl groups is 1. The average molecular weight is 262 g/mol. The molecule has 3 unspecified atom stereocenters. The van der Waals surface area contributed by atoms with E-state index < -0.39 is 0 Å². The highest BCUT2D eigenvalue weighted by Gasteiger charge is 2.33. The highest BCUT2D eigenvalue weighted by atomic mass is 16.3. The van der Waals surface area contributed by atoms with Crippen molar-refractivity contribution in [3.8, 4) is 0 Å². The third-order valence-electron chi connectivity index (χ3n) is 5.15. The number of imidazole rings is 1. The van der Waals surface area contributed by atoms with E-state index in [1.807, 2.05) is 0 Å². The van der Waals surface area contributed by atoms with Crippen LogP contribution in [-0.2, 0) is 12.8 Å². The monoisotopic (exact) mass is 262 g/mol.